The van der Waals surface area contributed by atoms with Crippen LogP contribution in [0.25, 0.3) is 22.6 Å². The molecule has 1 heterocycles. The van der Waals surface area contributed by atoms with E-state index in [0.29, 0.717) is 39.0 Å². The Morgan fingerprint density at radius 1 is 1.06 bits per heavy atom. The highest BCUT2D eigenvalue weighted by Gasteiger charge is 2.13. The molecule has 0 unspecified atom stereocenters. The first kappa shape index (κ1) is 22.1. The third-order valence-corrected chi connectivity index (χ3v) is 5.68. The van der Waals surface area contributed by atoms with Gasteiger partial charge in [0.05, 0.1) is 17.2 Å². The lowest BCUT2D eigenvalue weighted by molar-refractivity contribution is 0.0977. The topological polar surface area (TPSA) is 76.4 Å². The summed E-state index contributed by atoms with van der Waals surface area (Å²) in [4.78, 5) is 17.0. The first-order valence-corrected chi connectivity index (χ1v) is 10.6. The van der Waals surface area contributed by atoms with E-state index in [1.807, 2.05) is 43.3 Å². The molecule has 0 aliphatic carbocycles. The van der Waals surface area contributed by atoms with Crippen molar-refractivity contribution < 1.29 is 13.9 Å². The molecule has 2 N–H and O–H groups in total. The van der Waals surface area contributed by atoms with E-state index >= 15 is 0 Å². The number of ether oxygens (including phenoxy) is 1. The van der Waals surface area contributed by atoms with E-state index in [1.54, 1.807) is 19.2 Å². The Kier molecular flexibility index (Phi) is 6.32. The molecule has 4 aromatic rings. The highest BCUT2D eigenvalue weighted by atomic mass is 35.5. The highest BCUT2D eigenvalue weighted by molar-refractivity contribution is 7.80. The van der Waals surface area contributed by atoms with Gasteiger partial charge in [-0.25, -0.2) is 4.98 Å². The summed E-state index contributed by atoms with van der Waals surface area (Å²) in [6.45, 7) is 1.92. The van der Waals surface area contributed by atoms with Crippen molar-refractivity contribution >= 4 is 63.2 Å². The molecule has 1 aromatic heterocycles. The van der Waals surface area contributed by atoms with Gasteiger partial charge in [0.2, 0.25) is 5.89 Å². The number of hydrogen-bond donors (Lipinski definition) is 2. The number of thiocarbonyl (C=S) groups is 1. The van der Waals surface area contributed by atoms with E-state index in [2.05, 4.69) is 15.6 Å². The summed E-state index contributed by atoms with van der Waals surface area (Å²) < 4.78 is 11.1. The van der Waals surface area contributed by atoms with Crippen molar-refractivity contribution in [2.75, 3.05) is 12.4 Å². The van der Waals surface area contributed by atoms with Gasteiger partial charge in [-0.3, -0.25) is 10.1 Å². The zero-order valence-electron chi connectivity index (χ0n) is 17.0. The van der Waals surface area contributed by atoms with Crippen LogP contribution >= 0.6 is 35.4 Å². The normalized spacial score (nSPS) is 10.8. The zero-order valence-corrected chi connectivity index (χ0v) is 19.4. The minimum atomic E-state index is -0.400. The van der Waals surface area contributed by atoms with Gasteiger partial charge in [0.1, 0.15) is 11.3 Å². The summed E-state index contributed by atoms with van der Waals surface area (Å²) in [5.41, 5.74) is 4.08. The Morgan fingerprint density at radius 2 is 1.88 bits per heavy atom. The van der Waals surface area contributed by atoms with Crippen LogP contribution in [0, 0.1) is 6.92 Å². The molecule has 1 amide bonds. The number of anilines is 1. The summed E-state index contributed by atoms with van der Waals surface area (Å²) >= 11 is 17.2. The third-order valence-electron chi connectivity index (χ3n) is 4.74. The largest absolute Gasteiger partial charge is 0.497 e. The molecule has 0 fully saturated rings. The Hall–Kier alpha value is -3.13. The van der Waals surface area contributed by atoms with Crippen molar-refractivity contribution in [3.05, 3.63) is 75.8 Å². The standard InChI is InChI=1S/C23H17Cl2N3O3S/c1-12-3-4-14(22-26-19-11-15(30-2)6-8-20(19)31-22)10-18(12)27-23(32)28-21(29)13-5-7-16(24)17(25)9-13/h3-11H,1-2H3,(H2,27,28,29,32). The maximum Gasteiger partial charge on any atom is 0.257 e. The lowest BCUT2D eigenvalue weighted by Crippen LogP contribution is -2.34. The van der Waals surface area contributed by atoms with Gasteiger partial charge in [0.25, 0.3) is 5.91 Å². The molecule has 3 aromatic carbocycles. The fraction of sp³-hybridized carbons (Fsp3) is 0.0870. The maximum absolute atomic E-state index is 12.5. The number of rotatable bonds is 4. The van der Waals surface area contributed by atoms with Crippen molar-refractivity contribution in [3.63, 3.8) is 0 Å². The molecular weight excluding hydrogens is 469 g/mol. The summed E-state index contributed by atoms with van der Waals surface area (Å²) in [5.74, 6) is 0.761. The van der Waals surface area contributed by atoms with Crippen LogP contribution in [0.5, 0.6) is 5.75 Å². The average molecular weight is 486 g/mol. The Bertz CT molecular complexity index is 1350. The predicted molar refractivity (Wildman–Crippen MR) is 131 cm³/mol. The number of aryl methyl sites for hydroxylation is 1. The Balaban J connectivity index is 1.53. The number of carbonyl (C=O) groups excluding carboxylic acids is 1. The second-order valence-corrected chi connectivity index (χ2v) is 8.14. The maximum atomic E-state index is 12.5. The molecule has 0 saturated carbocycles. The van der Waals surface area contributed by atoms with Crippen molar-refractivity contribution in [2.45, 2.75) is 6.92 Å². The average Bonchev–Trinajstić information content (AvgIpc) is 3.20. The lowest BCUT2D eigenvalue weighted by atomic mass is 10.1. The summed E-state index contributed by atoms with van der Waals surface area (Å²) in [5, 5.41) is 6.49. The van der Waals surface area contributed by atoms with Gasteiger partial charge in [-0.2, -0.15) is 0 Å². The molecule has 0 atom stereocenters. The van der Waals surface area contributed by atoms with Crippen LogP contribution in [0.2, 0.25) is 10.0 Å². The smallest absolute Gasteiger partial charge is 0.257 e. The third kappa shape index (κ3) is 4.70. The fourth-order valence-electron chi connectivity index (χ4n) is 3.01. The van der Waals surface area contributed by atoms with Crippen LogP contribution in [0.15, 0.2) is 59.0 Å². The van der Waals surface area contributed by atoms with Gasteiger partial charge in [0, 0.05) is 22.9 Å². The van der Waals surface area contributed by atoms with Crippen molar-refractivity contribution in [2.24, 2.45) is 0 Å². The number of halogens is 2. The molecule has 9 heteroatoms. The monoisotopic (exact) mass is 485 g/mol. The van der Waals surface area contributed by atoms with E-state index in [0.717, 1.165) is 11.1 Å². The molecule has 0 radical (unpaired) electrons. The van der Waals surface area contributed by atoms with E-state index in [9.17, 15) is 4.79 Å². The van der Waals surface area contributed by atoms with Crippen LogP contribution in [-0.2, 0) is 0 Å². The number of nitrogens with one attached hydrogen (secondary N) is 2. The Morgan fingerprint density at radius 3 is 2.62 bits per heavy atom. The quantitative estimate of drug-likeness (QED) is 0.333. The number of aromatic nitrogens is 1. The van der Waals surface area contributed by atoms with E-state index < -0.39 is 5.91 Å². The minimum Gasteiger partial charge on any atom is -0.497 e. The molecule has 32 heavy (non-hydrogen) atoms. The first-order chi connectivity index (χ1) is 15.3. The molecule has 0 aliphatic heterocycles. The summed E-state index contributed by atoms with van der Waals surface area (Å²) in [7, 11) is 1.60. The molecule has 162 valence electrons. The molecule has 0 bridgehead atoms. The number of amides is 1. The van der Waals surface area contributed by atoms with Crippen molar-refractivity contribution in [1.82, 2.24) is 10.3 Å². The molecule has 0 saturated heterocycles. The molecule has 0 aliphatic rings. The minimum absolute atomic E-state index is 0.142. The number of fused-ring (bicyclic) bond motifs is 1. The van der Waals surface area contributed by atoms with Gasteiger partial charge in [-0.1, -0.05) is 29.3 Å². The van der Waals surface area contributed by atoms with Crippen LogP contribution in [0.4, 0.5) is 5.69 Å². The second kappa shape index (κ2) is 9.16. The number of nitrogens with zero attached hydrogens (tertiary/aromatic N) is 1. The van der Waals surface area contributed by atoms with Crippen molar-refractivity contribution in [3.8, 4) is 17.2 Å². The number of methoxy groups -OCH3 is 1. The van der Waals surface area contributed by atoms with E-state index in [-0.39, 0.29) is 10.1 Å². The fourth-order valence-corrected chi connectivity index (χ4v) is 3.51. The highest BCUT2D eigenvalue weighted by Crippen LogP contribution is 2.29. The van der Waals surface area contributed by atoms with Crippen LogP contribution in [0.1, 0.15) is 15.9 Å². The van der Waals surface area contributed by atoms with Crippen LogP contribution < -0.4 is 15.4 Å². The number of hydrogen-bond acceptors (Lipinski definition) is 5. The summed E-state index contributed by atoms with van der Waals surface area (Å²) in [6.07, 6.45) is 0. The van der Waals surface area contributed by atoms with Gasteiger partial charge < -0.3 is 14.5 Å². The number of benzene rings is 3. The molecular formula is C23H17Cl2N3O3S. The van der Waals surface area contributed by atoms with E-state index in [4.69, 9.17) is 44.6 Å². The van der Waals surface area contributed by atoms with Crippen LogP contribution in [-0.4, -0.2) is 23.1 Å². The molecule has 4 rings (SSSR count). The van der Waals surface area contributed by atoms with Gasteiger partial charge in [-0.15, -0.1) is 0 Å². The molecule has 6 nitrogen and oxygen atoms in total. The Labute approximate surface area is 199 Å². The zero-order chi connectivity index (χ0) is 22.8. The predicted octanol–water partition coefficient (Wildman–Crippen LogP) is 6.25. The van der Waals surface area contributed by atoms with Crippen LogP contribution in [0.3, 0.4) is 0 Å². The second-order valence-electron chi connectivity index (χ2n) is 6.92. The summed E-state index contributed by atoms with van der Waals surface area (Å²) in [6, 6.07) is 15.7. The van der Waals surface area contributed by atoms with Crippen molar-refractivity contribution in [1.29, 1.82) is 0 Å². The SMILES string of the molecule is COc1ccc2oc(-c3ccc(C)c(NC(=S)NC(=O)c4ccc(Cl)c(Cl)c4)c3)nc2c1. The van der Waals surface area contributed by atoms with Gasteiger partial charge in [-0.05, 0) is 67.2 Å². The lowest BCUT2D eigenvalue weighted by Gasteiger charge is -2.13. The van der Waals surface area contributed by atoms with E-state index in [1.165, 1.54) is 6.07 Å². The number of carbonyl (C=O) groups is 1. The number of oxazole rings is 1. The molecule has 0 spiro atoms. The first-order valence-electron chi connectivity index (χ1n) is 9.47. The van der Waals surface area contributed by atoms with Gasteiger partial charge in [0.15, 0.2) is 10.7 Å². The van der Waals surface area contributed by atoms with Gasteiger partial charge >= 0.3 is 0 Å².